The van der Waals surface area contributed by atoms with Crippen LogP contribution in [0.4, 0.5) is 5.69 Å². The summed E-state index contributed by atoms with van der Waals surface area (Å²) in [6, 6.07) is 20.3. The maximum Gasteiger partial charge on any atom is 0.256 e. The highest BCUT2D eigenvalue weighted by Crippen LogP contribution is 2.24. The number of anilines is 1. The van der Waals surface area contributed by atoms with Crippen LogP contribution in [-0.4, -0.2) is 47.3 Å². The van der Waals surface area contributed by atoms with Crippen molar-refractivity contribution in [1.82, 2.24) is 14.7 Å². The highest BCUT2D eigenvalue weighted by atomic mass is 16.2. The molecular formula is C22H24N4O. The summed E-state index contributed by atoms with van der Waals surface area (Å²) in [7, 11) is 1.88. The second kappa shape index (κ2) is 7.66. The first-order chi connectivity index (χ1) is 13.2. The molecule has 5 nitrogen and oxygen atoms in total. The van der Waals surface area contributed by atoms with Crippen molar-refractivity contribution in [3.63, 3.8) is 0 Å². The Hall–Kier alpha value is -3.08. The summed E-state index contributed by atoms with van der Waals surface area (Å²) in [5.74, 6) is 0.513. The fraction of sp³-hybridized carbons (Fsp3) is 0.273. The molecular weight excluding hydrogens is 336 g/mol. The Balaban J connectivity index is 1.37. The van der Waals surface area contributed by atoms with Gasteiger partial charge in [0.25, 0.3) is 5.91 Å². The second-order valence-electron chi connectivity index (χ2n) is 7.13. The number of carbonyl (C=O) groups excluding carboxylic acids is 1. The highest BCUT2D eigenvalue weighted by Gasteiger charge is 2.25. The number of para-hydroxylation sites is 2. The maximum absolute atomic E-state index is 12.8. The Morgan fingerprint density at radius 2 is 1.74 bits per heavy atom. The quantitative estimate of drug-likeness (QED) is 0.700. The molecule has 0 spiro atoms. The molecule has 0 saturated carbocycles. The minimum absolute atomic E-state index is 0.0235. The summed E-state index contributed by atoms with van der Waals surface area (Å²) in [5, 5.41) is 4.33. The van der Waals surface area contributed by atoms with Gasteiger partial charge < -0.3 is 9.80 Å². The molecule has 1 aromatic heterocycles. The molecule has 0 aliphatic carbocycles. The van der Waals surface area contributed by atoms with Crippen LogP contribution in [0, 0.1) is 5.92 Å². The van der Waals surface area contributed by atoms with Gasteiger partial charge in [-0.15, -0.1) is 0 Å². The van der Waals surface area contributed by atoms with Gasteiger partial charge in [-0.3, -0.25) is 4.79 Å². The Morgan fingerprint density at radius 3 is 2.44 bits per heavy atom. The van der Waals surface area contributed by atoms with E-state index in [1.165, 1.54) is 5.69 Å². The van der Waals surface area contributed by atoms with Crippen molar-refractivity contribution in [3.05, 3.63) is 78.6 Å². The van der Waals surface area contributed by atoms with Crippen molar-refractivity contribution < 1.29 is 4.79 Å². The molecule has 1 amide bonds. The standard InChI is InChI=1S/C22H24N4O/c1-24(15-18-12-13-25(16-18)20-8-4-2-5-9-20)22(27)19-14-23-26(17-19)21-10-6-3-7-11-21/h2-11,14,17-18H,12-13,15-16H2,1H3. The summed E-state index contributed by atoms with van der Waals surface area (Å²) in [6.07, 6.45) is 4.56. The minimum Gasteiger partial charge on any atom is -0.371 e. The lowest BCUT2D eigenvalue weighted by molar-refractivity contribution is 0.0776. The average Bonchev–Trinajstić information content (AvgIpc) is 3.39. The van der Waals surface area contributed by atoms with E-state index < -0.39 is 0 Å². The lowest BCUT2D eigenvalue weighted by Gasteiger charge is -2.22. The number of hydrogen-bond donors (Lipinski definition) is 0. The lowest BCUT2D eigenvalue weighted by Crippen LogP contribution is -2.33. The van der Waals surface area contributed by atoms with Crippen LogP contribution in [0.2, 0.25) is 0 Å². The largest absolute Gasteiger partial charge is 0.371 e. The molecule has 1 unspecified atom stereocenters. The van der Waals surface area contributed by atoms with Gasteiger partial charge in [0.1, 0.15) is 0 Å². The van der Waals surface area contributed by atoms with Gasteiger partial charge in [-0.1, -0.05) is 36.4 Å². The molecule has 0 bridgehead atoms. The number of rotatable bonds is 5. The third kappa shape index (κ3) is 3.87. The fourth-order valence-electron chi connectivity index (χ4n) is 3.70. The molecule has 2 aromatic carbocycles. The van der Waals surface area contributed by atoms with Crippen molar-refractivity contribution in [2.75, 3.05) is 31.6 Å². The van der Waals surface area contributed by atoms with E-state index in [2.05, 4.69) is 34.3 Å². The molecule has 1 atom stereocenters. The zero-order chi connectivity index (χ0) is 18.6. The molecule has 0 N–H and O–H groups in total. The van der Waals surface area contributed by atoms with Gasteiger partial charge in [-0.05, 0) is 36.6 Å². The zero-order valence-corrected chi connectivity index (χ0v) is 15.5. The molecule has 1 aliphatic rings. The summed E-state index contributed by atoms with van der Waals surface area (Å²) < 4.78 is 1.74. The first-order valence-corrected chi connectivity index (χ1v) is 9.36. The van der Waals surface area contributed by atoms with Crippen molar-refractivity contribution >= 4 is 11.6 Å². The van der Waals surface area contributed by atoms with E-state index in [-0.39, 0.29) is 5.91 Å². The number of hydrogen-bond acceptors (Lipinski definition) is 3. The molecule has 1 aliphatic heterocycles. The third-order valence-corrected chi connectivity index (χ3v) is 5.14. The van der Waals surface area contributed by atoms with Crippen LogP contribution in [0.3, 0.4) is 0 Å². The Kier molecular flexibility index (Phi) is 4.92. The van der Waals surface area contributed by atoms with Crippen LogP contribution >= 0.6 is 0 Å². The Bertz CT molecular complexity index is 891. The molecule has 27 heavy (non-hydrogen) atoms. The van der Waals surface area contributed by atoms with Crippen LogP contribution in [0.1, 0.15) is 16.8 Å². The predicted octanol–water partition coefficient (Wildman–Crippen LogP) is 3.47. The summed E-state index contributed by atoms with van der Waals surface area (Å²) in [5.41, 5.74) is 2.84. The van der Waals surface area contributed by atoms with Gasteiger partial charge in [0.15, 0.2) is 0 Å². The van der Waals surface area contributed by atoms with E-state index in [9.17, 15) is 4.79 Å². The summed E-state index contributed by atoms with van der Waals surface area (Å²) in [4.78, 5) is 17.0. The van der Waals surface area contributed by atoms with Crippen molar-refractivity contribution in [2.24, 2.45) is 5.92 Å². The van der Waals surface area contributed by atoms with Gasteiger partial charge in [0.05, 0.1) is 17.4 Å². The van der Waals surface area contributed by atoms with Gasteiger partial charge >= 0.3 is 0 Å². The van der Waals surface area contributed by atoms with Gasteiger partial charge in [-0.25, -0.2) is 4.68 Å². The maximum atomic E-state index is 12.8. The molecule has 138 valence electrons. The number of aromatic nitrogens is 2. The monoisotopic (exact) mass is 360 g/mol. The van der Waals surface area contributed by atoms with Crippen LogP contribution in [0.25, 0.3) is 5.69 Å². The number of nitrogens with zero attached hydrogens (tertiary/aromatic N) is 4. The van der Waals surface area contributed by atoms with Crippen LogP contribution < -0.4 is 4.90 Å². The van der Waals surface area contributed by atoms with Gasteiger partial charge in [-0.2, -0.15) is 5.10 Å². The van der Waals surface area contributed by atoms with Crippen molar-refractivity contribution in [1.29, 1.82) is 0 Å². The summed E-state index contributed by atoms with van der Waals surface area (Å²) >= 11 is 0. The minimum atomic E-state index is 0.0235. The fourth-order valence-corrected chi connectivity index (χ4v) is 3.70. The predicted molar refractivity (Wildman–Crippen MR) is 107 cm³/mol. The molecule has 1 fully saturated rings. The van der Waals surface area contributed by atoms with E-state index in [1.807, 2.05) is 48.3 Å². The van der Waals surface area contributed by atoms with E-state index in [0.717, 1.165) is 31.7 Å². The van der Waals surface area contributed by atoms with Gasteiger partial charge in [0.2, 0.25) is 0 Å². The van der Waals surface area contributed by atoms with Crippen LogP contribution in [0.5, 0.6) is 0 Å². The smallest absolute Gasteiger partial charge is 0.256 e. The molecule has 4 rings (SSSR count). The first kappa shape index (κ1) is 17.3. The van der Waals surface area contributed by atoms with Crippen molar-refractivity contribution in [3.8, 4) is 5.69 Å². The lowest BCUT2D eigenvalue weighted by atomic mass is 10.1. The molecule has 5 heteroatoms. The molecule has 3 aromatic rings. The average molecular weight is 360 g/mol. The van der Waals surface area contributed by atoms with E-state index in [4.69, 9.17) is 0 Å². The Morgan fingerprint density at radius 1 is 1.07 bits per heavy atom. The second-order valence-corrected chi connectivity index (χ2v) is 7.13. The summed E-state index contributed by atoms with van der Waals surface area (Å²) in [6.45, 7) is 2.80. The Labute approximate surface area is 159 Å². The topological polar surface area (TPSA) is 41.4 Å². The SMILES string of the molecule is CN(CC1CCN(c2ccccc2)C1)C(=O)c1cnn(-c2ccccc2)c1. The zero-order valence-electron chi connectivity index (χ0n) is 15.5. The third-order valence-electron chi connectivity index (χ3n) is 5.14. The first-order valence-electron chi connectivity index (χ1n) is 9.36. The van der Waals surface area contributed by atoms with Crippen LogP contribution in [0.15, 0.2) is 73.1 Å². The van der Waals surface area contributed by atoms with E-state index in [1.54, 1.807) is 17.1 Å². The molecule has 0 radical (unpaired) electrons. The number of benzene rings is 2. The number of carbonyl (C=O) groups is 1. The number of amides is 1. The van der Waals surface area contributed by atoms with Crippen molar-refractivity contribution in [2.45, 2.75) is 6.42 Å². The van der Waals surface area contributed by atoms with E-state index >= 15 is 0 Å². The van der Waals surface area contributed by atoms with Gasteiger partial charge in [0, 0.05) is 38.6 Å². The molecule has 1 saturated heterocycles. The normalized spacial score (nSPS) is 16.5. The molecule has 2 heterocycles. The van der Waals surface area contributed by atoms with Crippen LogP contribution in [-0.2, 0) is 0 Å². The highest BCUT2D eigenvalue weighted by molar-refractivity contribution is 5.93. The van der Waals surface area contributed by atoms with E-state index in [0.29, 0.717) is 11.5 Å².